The highest BCUT2D eigenvalue weighted by molar-refractivity contribution is 7.89. The second-order valence-electron chi connectivity index (χ2n) is 7.71. The summed E-state index contributed by atoms with van der Waals surface area (Å²) in [7, 11) is -3.58. The summed E-state index contributed by atoms with van der Waals surface area (Å²) in [5, 5.41) is 11.1. The van der Waals surface area contributed by atoms with E-state index in [0.717, 1.165) is 43.0 Å². The normalized spacial score (nSPS) is 16.6. The van der Waals surface area contributed by atoms with Crippen LogP contribution in [0.4, 0.5) is 15.8 Å². The van der Waals surface area contributed by atoms with Crippen LogP contribution in [0.15, 0.2) is 41.3 Å². The van der Waals surface area contributed by atoms with Gasteiger partial charge in [0.25, 0.3) is 5.91 Å². The van der Waals surface area contributed by atoms with Crippen LogP contribution in [0.2, 0.25) is 0 Å². The largest absolute Gasteiger partial charge is 0.477 e. The van der Waals surface area contributed by atoms with Crippen molar-refractivity contribution in [3.05, 3.63) is 57.9 Å². The Morgan fingerprint density at radius 2 is 1.84 bits per heavy atom. The number of sulfonamides is 1. The number of hydrogen-bond acceptors (Lipinski definition) is 6. The van der Waals surface area contributed by atoms with Crippen molar-refractivity contribution in [2.75, 3.05) is 31.1 Å². The molecule has 0 atom stereocenters. The zero-order chi connectivity index (χ0) is 22.9. The van der Waals surface area contributed by atoms with Gasteiger partial charge in [0.15, 0.2) is 6.61 Å². The number of hydrogen-bond donors (Lipinski definition) is 0. The molecule has 2 aromatic rings. The van der Waals surface area contributed by atoms with E-state index in [2.05, 4.69) is 0 Å². The van der Waals surface area contributed by atoms with E-state index in [4.69, 9.17) is 4.74 Å². The number of fused-ring (bicyclic) bond motifs is 1. The Balaban J connectivity index is 1.49. The Hall–Kier alpha value is -3.05. The molecule has 2 aliphatic rings. The van der Waals surface area contributed by atoms with Crippen molar-refractivity contribution in [2.45, 2.75) is 30.6 Å². The van der Waals surface area contributed by atoms with Gasteiger partial charge in [0.1, 0.15) is 5.82 Å². The average molecular weight is 463 g/mol. The molecule has 1 amide bonds. The smallest absolute Gasteiger partial charge is 0.311 e. The SMILES string of the molecule is O=C(COc1cc(F)ccc1[N+](=O)[O-])N1CCc2cc(S(=O)(=O)N3CCCCC3)ccc21. The van der Waals surface area contributed by atoms with Crippen LogP contribution in [-0.4, -0.2) is 49.8 Å². The number of anilines is 1. The fourth-order valence-corrected chi connectivity index (χ4v) is 5.59. The molecule has 0 unspecified atom stereocenters. The molecule has 32 heavy (non-hydrogen) atoms. The highest BCUT2D eigenvalue weighted by Crippen LogP contribution is 2.32. The zero-order valence-electron chi connectivity index (χ0n) is 17.2. The highest BCUT2D eigenvalue weighted by Gasteiger charge is 2.30. The van der Waals surface area contributed by atoms with Crippen LogP contribution in [0.5, 0.6) is 5.75 Å². The third-order valence-corrected chi connectivity index (χ3v) is 7.56. The molecule has 0 spiro atoms. The lowest BCUT2D eigenvalue weighted by atomic mass is 10.2. The summed E-state index contributed by atoms with van der Waals surface area (Å²) < 4.78 is 46.0. The molecule has 2 heterocycles. The lowest BCUT2D eigenvalue weighted by Gasteiger charge is -2.26. The molecule has 0 N–H and O–H groups in total. The van der Waals surface area contributed by atoms with Crippen molar-refractivity contribution in [3.63, 3.8) is 0 Å². The molecule has 0 aromatic heterocycles. The third-order valence-electron chi connectivity index (χ3n) is 5.67. The van der Waals surface area contributed by atoms with Gasteiger partial charge in [-0.15, -0.1) is 0 Å². The number of rotatable bonds is 6. The molecule has 1 fully saturated rings. The Kier molecular flexibility index (Phi) is 6.11. The Morgan fingerprint density at radius 3 is 2.56 bits per heavy atom. The number of benzene rings is 2. The highest BCUT2D eigenvalue weighted by atomic mass is 32.2. The van der Waals surface area contributed by atoms with Gasteiger partial charge in [-0.1, -0.05) is 6.42 Å². The number of ether oxygens (including phenoxy) is 1. The fourth-order valence-electron chi connectivity index (χ4n) is 4.02. The van der Waals surface area contributed by atoms with Gasteiger partial charge in [0.05, 0.1) is 9.82 Å². The molecule has 1 saturated heterocycles. The molecule has 11 heteroatoms. The van der Waals surface area contributed by atoms with Crippen LogP contribution >= 0.6 is 0 Å². The molecule has 0 bridgehead atoms. The molecular formula is C21H22FN3O6S. The molecule has 2 aromatic carbocycles. The standard InChI is InChI=1S/C21H22FN3O6S/c22-16-4-6-19(25(27)28)20(13-16)31-14-21(26)24-11-8-15-12-17(5-7-18(15)24)32(29,30)23-9-2-1-3-10-23/h4-7,12-13H,1-3,8-11,14H2. The van der Waals surface area contributed by atoms with Crippen molar-refractivity contribution in [1.82, 2.24) is 4.31 Å². The summed E-state index contributed by atoms with van der Waals surface area (Å²) in [6.45, 7) is 0.828. The first-order chi connectivity index (χ1) is 15.3. The van der Waals surface area contributed by atoms with E-state index in [0.29, 0.717) is 31.7 Å². The molecule has 2 aliphatic heterocycles. The van der Waals surface area contributed by atoms with Crippen molar-refractivity contribution >= 4 is 27.3 Å². The summed E-state index contributed by atoms with van der Waals surface area (Å²) in [6, 6.07) is 7.48. The Labute approximate surface area is 184 Å². The predicted molar refractivity (Wildman–Crippen MR) is 114 cm³/mol. The number of nitro benzene ring substituents is 1. The van der Waals surface area contributed by atoms with Gasteiger partial charge in [0, 0.05) is 37.5 Å². The summed E-state index contributed by atoms with van der Waals surface area (Å²) in [4.78, 5) is 24.7. The molecule has 4 rings (SSSR count). The predicted octanol–water partition coefficient (Wildman–Crippen LogP) is 2.88. The van der Waals surface area contributed by atoms with Gasteiger partial charge >= 0.3 is 5.69 Å². The first-order valence-electron chi connectivity index (χ1n) is 10.3. The van der Waals surface area contributed by atoms with Crippen LogP contribution < -0.4 is 9.64 Å². The molecule has 170 valence electrons. The van der Waals surface area contributed by atoms with E-state index in [1.807, 2.05) is 0 Å². The van der Waals surface area contributed by atoms with Gasteiger partial charge in [-0.3, -0.25) is 14.9 Å². The van der Waals surface area contributed by atoms with Crippen molar-refractivity contribution in [1.29, 1.82) is 0 Å². The molecular weight excluding hydrogens is 441 g/mol. The first kappa shape index (κ1) is 22.2. The number of amides is 1. The van der Waals surface area contributed by atoms with Gasteiger partial charge in [-0.2, -0.15) is 4.31 Å². The summed E-state index contributed by atoms with van der Waals surface area (Å²) in [5.74, 6) is -1.51. The maximum atomic E-state index is 13.5. The molecule has 9 nitrogen and oxygen atoms in total. The van der Waals surface area contributed by atoms with E-state index in [-0.39, 0.29) is 10.6 Å². The number of carbonyl (C=O) groups excluding carboxylic acids is 1. The molecule has 0 saturated carbocycles. The van der Waals surface area contributed by atoms with Gasteiger partial charge < -0.3 is 9.64 Å². The minimum atomic E-state index is -3.58. The minimum absolute atomic E-state index is 0.207. The maximum Gasteiger partial charge on any atom is 0.311 e. The number of carbonyl (C=O) groups is 1. The lowest BCUT2D eigenvalue weighted by molar-refractivity contribution is -0.385. The number of nitrogens with zero attached hydrogens (tertiary/aromatic N) is 3. The summed E-state index contributed by atoms with van der Waals surface area (Å²) in [5.41, 5.74) is 0.867. The van der Waals surface area contributed by atoms with E-state index in [1.165, 1.54) is 15.3 Å². The van der Waals surface area contributed by atoms with Crippen molar-refractivity contribution < 1.29 is 27.3 Å². The van der Waals surface area contributed by atoms with E-state index < -0.39 is 39.0 Å². The minimum Gasteiger partial charge on any atom is -0.477 e. The van der Waals surface area contributed by atoms with E-state index >= 15 is 0 Å². The Bertz CT molecular complexity index is 1160. The van der Waals surface area contributed by atoms with Crippen molar-refractivity contribution in [3.8, 4) is 5.75 Å². The second kappa shape index (κ2) is 8.83. The van der Waals surface area contributed by atoms with Crippen LogP contribution in [0.1, 0.15) is 24.8 Å². The van der Waals surface area contributed by atoms with Gasteiger partial charge in [-0.05, 0) is 49.1 Å². The van der Waals surface area contributed by atoms with E-state index in [9.17, 15) is 27.7 Å². The van der Waals surface area contributed by atoms with Crippen LogP contribution in [-0.2, 0) is 21.2 Å². The monoisotopic (exact) mass is 463 g/mol. The van der Waals surface area contributed by atoms with Crippen LogP contribution in [0.25, 0.3) is 0 Å². The third kappa shape index (κ3) is 4.30. The quantitative estimate of drug-likeness (QED) is 0.481. The second-order valence-corrected chi connectivity index (χ2v) is 9.65. The van der Waals surface area contributed by atoms with Gasteiger partial charge in [0.2, 0.25) is 15.8 Å². The van der Waals surface area contributed by atoms with Crippen LogP contribution in [0, 0.1) is 15.9 Å². The lowest BCUT2D eigenvalue weighted by Crippen LogP contribution is -2.35. The average Bonchev–Trinajstić information content (AvgIpc) is 3.21. The maximum absolute atomic E-state index is 13.5. The zero-order valence-corrected chi connectivity index (χ0v) is 18.0. The number of nitro groups is 1. The molecule has 0 radical (unpaired) electrons. The summed E-state index contributed by atoms with van der Waals surface area (Å²) in [6.07, 6.45) is 3.19. The van der Waals surface area contributed by atoms with Gasteiger partial charge in [-0.25, -0.2) is 12.8 Å². The fraction of sp³-hybridized carbons (Fsp3) is 0.381. The summed E-state index contributed by atoms with van der Waals surface area (Å²) >= 11 is 0. The van der Waals surface area contributed by atoms with Crippen molar-refractivity contribution in [2.24, 2.45) is 0 Å². The number of halogens is 1. The topological polar surface area (TPSA) is 110 Å². The molecule has 0 aliphatic carbocycles. The number of piperidine rings is 1. The van der Waals surface area contributed by atoms with Crippen LogP contribution in [0.3, 0.4) is 0 Å². The Morgan fingerprint density at radius 1 is 1.09 bits per heavy atom. The first-order valence-corrected chi connectivity index (χ1v) is 11.7. The van der Waals surface area contributed by atoms with E-state index in [1.54, 1.807) is 12.1 Å².